The molecule has 3 N–H and O–H groups in total. The lowest BCUT2D eigenvalue weighted by Crippen LogP contribution is -2.15. The summed E-state index contributed by atoms with van der Waals surface area (Å²) in [5.41, 5.74) is 5.48. The molecule has 2 aromatic heterocycles. The molecule has 154 valence electrons. The number of fused-ring (bicyclic) bond motifs is 1. The van der Waals surface area contributed by atoms with Crippen molar-refractivity contribution < 1.29 is 10.0 Å². The maximum absolute atomic E-state index is 11.3. The second-order valence-corrected chi connectivity index (χ2v) is 8.90. The number of nitrogens with one attached hydrogen (secondary N) is 2. The zero-order valence-electron chi connectivity index (χ0n) is 17.7. The molecule has 7 nitrogen and oxygen atoms in total. The molecule has 29 heavy (non-hydrogen) atoms. The van der Waals surface area contributed by atoms with Gasteiger partial charge in [0.25, 0.3) is 5.91 Å². The fourth-order valence-electron chi connectivity index (χ4n) is 3.80. The molecule has 0 saturated heterocycles. The first-order chi connectivity index (χ1) is 13.7. The third-order valence-electron chi connectivity index (χ3n) is 4.70. The minimum atomic E-state index is -0.570. The van der Waals surface area contributed by atoms with E-state index in [0.717, 1.165) is 46.8 Å². The van der Waals surface area contributed by atoms with E-state index >= 15 is 0 Å². The van der Waals surface area contributed by atoms with E-state index in [4.69, 9.17) is 10.2 Å². The van der Waals surface area contributed by atoms with E-state index in [1.165, 1.54) is 6.08 Å². The van der Waals surface area contributed by atoms with Crippen molar-refractivity contribution in [3.8, 4) is 5.82 Å². The number of carbonyl (C=O) groups is 1. The van der Waals surface area contributed by atoms with Gasteiger partial charge in [0.15, 0.2) is 5.82 Å². The number of aryl methyl sites for hydroxylation is 1. The van der Waals surface area contributed by atoms with Crippen molar-refractivity contribution in [1.82, 2.24) is 25.2 Å². The molecule has 0 bridgehead atoms. The minimum absolute atomic E-state index is 0.254. The standard InChI is InChI=1S/C22H29N5O2/c1-14(13-22(3,4)5)10-19-23-17-12-16(7-9-21(28)26-29)6-8-18(17)27(19)20-11-15(2)24-25-20/h6-9,11-12,14,29H,10,13H2,1-5H3,(H,24,25)(H,26,28). The SMILES string of the molecule is Cc1cc(-n2c(CC(C)CC(C)(C)C)nc3cc(C=CC(=O)NO)ccc32)n[nH]1. The summed E-state index contributed by atoms with van der Waals surface area (Å²) in [7, 11) is 0. The van der Waals surface area contributed by atoms with Crippen molar-refractivity contribution in [3.05, 3.63) is 47.4 Å². The Hall–Kier alpha value is -2.93. The predicted octanol–water partition coefficient (Wildman–Crippen LogP) is 4.19. The molecule has 3 rings (SSSR count). The van der Waals surface area contributed by atoms with Gasteiger partial charge in [0.2, 0.25) is 0 Å². The highest BCUT2D eigenvalue weighted by atomic mass is 16.5. The fourth-order valence-corrected chi connectivity index (χ4v) is 3.80. The molecular formula is C22H29N5O2. The Morgan fingerprint density at radius 2 is 2.10 bits per heavy atom. The van der Waals surface area contributed by atoms with Crippen molar-refractivity contribution in [1.29, 1.82) is 0 Å². The van der Waals surface area contributed by atoms with E-state index in [1.54, 1.807) is 11.6 Å². The van der Waals surface area contributed by atoms with Crippen LogP contribution in [0, 0.1) is 18.3 Å². The molecule has 0 aliphatic carbocycles. The Balaban J connectivity index is 2.03. The van der Waals surface area contributed by atoms with Crippen LogP contribution in [0.3, 0.4) is 0 Å². The summed E-state index contributed by atoms with van der Waals surface area (Å²) >= 11 is 0. The van der Waals surface area contributed by atoms with E-state index in [2.05, 4.69) is 42.5 Å². The molecule has 0 spiro atoms. The summed E-state index contributed by atoms with van der Waals surface area (Å²) in [6.07, 6.45) is 4.86. The number of benzene rings is 1. The molecule has 3 aromatic rings. The first-order valence-electron chi connectivity index (χ1n) is 9.82. The Labute approximate surface area is 170 Å². The highest BCUT2D eigenvalue weighted by molar-refractivity contribution is 5.91. The second-order valence-electron chi connectivity index (χ2n) is 8.90. The maximum atomic E-state index is 11.3. The van der Waals surface area contributed by atoms with E-state index in [0.29, 0.717) is 5.92 Å². The summed E-state index contributed by atoms with van der Waals surface area (Å²) in [4.78, 5) is 16.2. The summed E-state index contributed by atoms with van der Waals surface area (Å²) < 4.78 is 2.10. The zero-order valence-corrected chi connectivity index (χ0v) is 17.7. The number of rotatable bonds is 6. The van der Waals surface area contributed by atoms with E-state index in [1.807, 2.05) is 31.2 Å². The van der Waals surface area contributed by atoms with Crippen LogP contribution in [0.1, 0.15) is 51.2 Å². The molecule has 1 amide bonds. The molecule has 0 radical (unpaired) electrons. The number of hydrogen-bond donors (Lipinski definition) is 3. The molecular weight excluding hydrogens is 366 g/mol. The molecule has 0 aliphatic rings. The lowest BCUT2D eigenvalue weighted by atomic mass is 9.84. The Kier molecular flexibility index (Phi) is 5.88. The van der Waals surface area contributed by atoms with Crippen LogP contribution in [0.5, 0.6) is 0 Å². The van der Waals surface area contributed by atoms with Crippen molar-refractivity contribution >= 4 is 23.0 Å². The smallest absolute Gasteiger partial charge is 0.267 e. The number of hydrogen-bond acceptors (Lipinski definition) is 4. The lowest BCUT2D eigenvalue weighted by molar-refractivity contribution is -0.124. The number of nitrogens with zero attached hydrogens (tertiary/aromatic N) is 3. The van der Waals surface area contributed by atoms with Crippen LogP contribution in [0.25, 0.3) is 22.9 Å². The first kappa shape index (κ1) is 20.8. The maximum Gasteiger partial charge on any atom is 0.267 e. The van der Waals surface area contributed by atoms with Crippen LogP contribution in [-0.4, -0.2) is 30.9 Å². The highest BCUT2D eigenvalue weighted by Crippen LogP contribution is 2.29. The number of carbonyl (C=O) groups excluding carboxylic acids is 1. The van der Waals surface area contributed by atoms with Crippen LogP contribution in [-0.2, 0) is 11.2 Å². The van der Waals surface area contributed by atoms with Crippen molar-refractivity contribution in [2.24, 2.45) is 11.3 Å². The summed E-state index contributed by atoms with van der Waals surface area (Å²) in [5.74, 6) is 1.70. The molecule has 2 heterocycles. The normalized spacial score (nSPS) is 13.3. The number of H-pyrrole nitrogens is 1. The van der Waals surface area contributed by atoms with Gasteiger partial charge < -0.3 is 0 Å². The molecule has 7 heteroatoms. The van der Waals surface area contributed by atoms with Gasteiger partial charge in [0, 0.05) is 24.3 Å². The summed E-state index contributed by atoms with van der Waals surface area (Å²) in [6, 6.07) is 7.85. The molecule has 1 aromatic carbocycles. The third-order valence-corrected chi connectivity index (χ3v) is 4.70. The third kappa shape index (κ3) is 5.12. The number of hydroxylamine groups is 1. The topological polar surface area (TPSA) is 95.8 Å². The number of aromatic amines is 1. The summed E-state index contributed by atoms with van der Waals surface area (Å²) in [5, 5.41) is 16.1. The fraction of sp³-hybridized carbons (Fsp3) is 0.409. The van der Waals surface area contributed by atoms with Gasteiger partial charge in [-0.05, 0) is 48.4 Å². The van der Waals surface area contributed by atoms with E-state index in [-0.39, 0.29) is 5.41 Å². The Bertz CT molecular complexity index is 1040. The van der Waals surface area contributed by atoms with Crippen LogP contribution < -0.4 is 5.48 Å². The van der Waals surface area contributed by atoms with Crippen LogP contribution in [0.2, 0.25) is 0 Å². The van der Waals surface area contributed by atoms with Gasteiger partial charge in [-0.15, -0.1) is 0 Å². The van der Waals surface area contributed by atoms with Crippen molar-refractivity contribution in [2.45, 2.75) is 47.5 Å². The van der Waals surface area contributed by atoms with Crippen molar-refractivity contribution in [3.63, 3.8) is 0 Å². The van der Waals surface area contributed by atoms with Gasteiger partial charge in [0.05, 0.1) is 11.0 Å². The van der Waals surface area contributed by atoms with Crippen LogP contribution in [0.15, 0.2) is 30.3 Å². The Morgan fingerprint density at radius 3 is 2.72 bits per heavy atom. The van der Waals surface area contributed by atoms with Crippen LogP contribution in [0.4, 0.5) is 0 Å². The number of aromatic nitrogens is 4. The molecule has 0 saturated carbocycles. The molecule has 0 aliphatic heterocycles. The van der Waals surface area contributed by atoms with Crippen molar-refractivity contribution in [2.75, 3.05) is 0 Å². The summed E-state index contributed by atoms with van der Waals surface area (Å²) in [6.45, 7) is 11.0. The predicted molar refractivity (Wildman–Crippen MR) is 114 cm³/mol. The van der Waals surface area contributed by atoms with E-state index in [9.17, 15) is 4.79 Å². The van der Waals surface area contributed by atoms with Crippen LogP contribution >= 0.6 is 0 Å². The quantitative estimate of drug-likeness (QED) is 0.331. The minimum Gasteiger partial charge on any atom is -0.288 e. The van der Waals surface area contributed by atoms with Gasteiger partial charge in [-0.1, -0.05) is 33.8 Å². The average molecular weight is 396 g/mol. The monoisotopic (exact) mass is 395 g/mol. The Morgan fingerprint density at radius 1 is 1.34 bits per heavy atom. The van der Waals surface area contributed by atoms with E-state index < -0.39 is 5.91 Å². The van der Waals surface area contributed by atoms with Gasteiger partial charge in [-0.2, -0.15) is 5.10 Å². The van der Waals surface area contributed by atoms with Gasteiger partial charge in [-0.3, -0.25) is 19.7 Å². The molecule has 1 unspecified atom stereocenters. The number of amides is 1. The lowest BCUT2D eigenvalue weighted by Gasteiger charge is -2.23. The first-order valence-corrected chi connectivity index (χ1v) is 9.82. The molecule has 1 atom stereocenters. The second kappa shape index (κ2) is 8.21. The highest BCUT2D eigenvalue weighted by Gasteiger charge is 2.20. The number of imidazole rings is 1. The molecule has 0 fully saturated rings. The van der Waals surface area contributed by atoms with Gasteiger partial charge in [0.1, 0.15) is 5.82 Å². The van der Waals surface area contributed by atoms with Gasteiger partial charge >= 0.3 is 0 Å². The van der Waals surface area contributed by atoms with Gasteiger partial charge in [-0.25, -0.2) is 10.5 Å². The average Bonchev–Trinajstić information content (AvgIpc) is 3.20. The zero-order chi connectivity index (χ0) is 21.2. The largest absolute Gasteiger partial charge is 0.288 e.